The molecule has 2 rings (SSSR count). The van der Waals surface area contributed by atoms with Crippen molar-refractivity contribution in [2.24, 2.45) is 0 Å². The largest absolute Gasteiger partial charge is 0.372 e. The summed E-state index contributed by atoms with van der Waals surface area (Å²) < 4.78 is 0.982. The summed E-state index contributed by atoms with van der Waals surface area (Å²) in [6.07, 6.45) is 3.54. The molecule has 18 heavy (non-hydrogen) atoms. The third kappa shape index (κ3) is 3.33. The van der Waals surface area contributed by atoms with E-state index >= 15 is 0 Å². The third-order valence-corrected chi connectivity index (χ3v) is 4.10. The number of likely N-dealkylation sites (N-methyl/N-ethyl adjacent to an activating group) is 1. The summed E-state index contributed by atoms with van der Waals surface area (Å²) in [5.41, 5.74) is 1.85. The first-order valence-corrected chi connectivity index (χ1v) is 7.18. The Bertz CT molecular complexity index is 416. The Labute approximate surface area is 117 Å². The van der Waals surface area contributed by atoms with Gasteiger partial charge >= 0.3 is 0 Å². The second-order valence-corrected chi connectivity index (χ2v) is 5.65. The molecule has 1 fully saturated rings. The Morgan fingerprint density at radius 3 is 2.72 bits per heavy atom. The molecule has 0 bridgehead atoms. The van der Waals surface area contributed by atoms with Gasteiger partial charge in [-0.1, -0.05) is 0 Å². The number of carbonyl (C=O) groups excluding carboxylic acids is 1. The van der Waals surface area contributed by atoms with Gasteiger partial charge in [0.05, 0.1) is 5.69 Å². The molecule has 1 aromatic rings. The van der Waals surface area contributed by atoms with Crippen LogP contribution in [0.1, 0.15) is 23.2 Å². The summed E-state index contributed by atoms with van der Waals surface area (Å²) in [6, 6.07) is 5.73. The molecule has 1 aromatic carbocycles. The lowest BCUT2D eigenvalue weighted by atomic mass is 10.2. The van der Waals surface area contributed by atoms with E-state index in [0.29, 0.717) is 5.56 Å². The van der Waals surface area contributed by atoms with E-state index in [9.17, 15) is 4.79 Å². The topological polar surface area (TPSA) is 23.6 Å². The zero-order valence-electron chi connectivity index (χ0n) is 10.7. The number of aldehydes is 1. The van der Waals surface area contributed by atoms with Gasteiger partial charge in [-0.3, -0.25) is 4.79 Å². The van der Waals surface area contributed by atoms with Crippen molar-refractivity contribution in [1.29, 1.82) is 0 Å². The van der Waals surface area contributed by atoms with Crippen molar-refractivity contribution in [3.05, 3.63) is 28.2 Å². The van der Waals surface area contributed by atoms with Gasteiger partial charge in [-0.25, -0.2) is 0 Å². The summed E-state index contributed by atoms with van der Waals surface area (Å²) in [5, 5.41) is 0. The van der Waals surface area contributed by atoms with Crippen LogP contribution < -0.4 is 4.90 Å². The number of hydrogen-bond acceptors (Lipinski definition) is 3. The van der Waals surface area contributed by atoms with Crippen molar-refractivity contribution in [2.75, 3.05) is 38.1 Å². The average molecular weight is 311 g/mol. The minimum absolute atomic E-state index is 0.707. The lowest BCUT2D eigenvalue weighted by Gasteiger charge is -2.24. The van der Waals surface area contributed by atoms with E-state index in [4.69, 9.17) is 0 Å². The number of anilines is 1. The van der Waals surface area contributed by atoms with Crippen LogP contribution in [0.3, 0.4) is 0 Å². The Kier molecular flexibility index (Phi) is 4.78. The molecule has 4 heteroatoms. The molecule has 3 nitrogen and oxygen atoms in total. The SMILES string of the molecule is CN(CCN1CCCC1)c1ccc(C=O)cc1Br. The molecule has 0 aromatic heterocycles. The number of halogens is 1. The molecule has 0 radical (unpaired) electrons. The first-order valence-electron chi connectivity index (χ1n) is 6.39. The standard InChI is InChI=1S/C14H19BrN2O/c1-16(8-9-17-6-2-3-7-17)14-5-4-12(11-18)10-13(14)15/h4-5,10-11H,2-3,6-9H2,1H3. The van der Waals surface area contributed by atoms with E-state index in [1.54, 1.807) is 0 Å². The van der Waals surface area contributed by atoms with Crippen LogP contribution in [0, 0.1) is 0 Å². The number of likely N-dealkylation sites (tertiary alicyclic amines) is 1. The first kappa shape index (κ1) is 13.6. The minimum atomic E-state index is 0.707. The monoisotopic (exact) mass is 310 g/mol. The molecule has 1 aliphatic heterocycles. The molecule has 1 saturated heterocycles. The van der Waals surface area contributed by atoms with Gasteiger partial charge < -0.3 is 9.80 Å². The molecule has 0 N–H and O–H groups in total. The quantitative estimate of drug-likeness (QED) is 0.781. The maximum atomic E-state index is 10.7. The van der Waals surface area contributed by atoms with Crippen LogP contribution in [-0.4, -0.2) is 44.4 Å². The predicted molar refractivity (Wildman–Crippen MR) is 78.5 cm³/mol. The van der Waals surface area contributed by atoms with Crippen LogP contribution in [0.25, 0.3) is 0 Å². The fourth-order valence-electron chi connectivity index (χ4n) is 2.32. The second-order valence-electron chi connectivity index (χ2n) is 4.80. The molecule has 1 aliphatic rings. The zero-order valence-corrected chi connectivity index (χ0v) is 12.3. The maximum absolute atomic E-state index is 10.7. The molecule has 0 unspecified atom stereocenters. The predicted octanol–water partition coefficient (Wildman–Crippen LogP) is 2.79. The van der Waals surface area contributed by atoms with Gasteiger partial charge in [0.1, 0.15) is 6.29 Å². The van der Waals surface area contributed by atoms with Crippen LogP contribution in [0.4, 0.5) is 5.69 Å². The van der Waals surface area contributed by atoms with Gasteiger partial charge in [0.15, 0.2) is 0 Å². The Balaban J connectivity index is 1.95. The summed E-state index contributed by atoms with van der Waals surface area (Å²) >= 11 is 3.53. The van der Waals surface area contributed by atoms with E-state index < -0.39 is 0 Å². The highest BCUT2D eigenvalue weighted by atomic mass is 79.9. The van der Waals surface area contributed by atoms with E-state index in [1.165, 1.54) is 25.9 Å². The fourth-order valence-corrected chi connectivity index (χ4v) is 3.02. The van der Waals surface area contributed by atoms with Crippen molar-refractivity contribution >= 4 is 27.9 Å². The van der Waals surface area contributed by atoms with Gasteiger partial charge in [0, 0.05) is 30.2 Å². The minimum Gasteiger partial charge on any atom is -0.372 e. The summed E-state index contributed by atoms with van der Waals surface area (Å²) in [5.74, 6) is 0. The van der Waals surface area contributed by atoms with Crippen LogP contribution in [0.15, 0.2) is 22.7 Å². The number of nitrogens with zero attached hydrogens (tertiary/aromatic N) is 2. The molecular formula is C14H19BrN2O. The van der Waals surface area contributed by atoms with Gasteiger partial charge in [-0.05, 0) is 60.1 Å². The van der Waals surface area contributed by atoms with Gasteiger partial charge in [-0.15, -0.1) is 0 Å². The normalized spacial score (nSPS) is 15.9. The van der Waals surface area contributed by atoms with Crippen molar-refractivity contribution in [3.8, 4) is 0 Å². The Morgan fingerprint density at radius 1 is 1.39 bits per heavy atom. The first-order chi connectivity index (χ1) is 8.70. The van der Waals surface area contributed by atoms with E-state index in [2.05, 4.69) is 32.8 Å². The molecule has 98 valence electrons. The van der Waals surface area contributed by atoms with Crippen molar-refractivity contribution in [1.82, 2.24) is 4.90 Å². The molecule has 0 spiro atoms. The smallest absolute Gasteiger partial charge is 0.150 e. The van der Waals surface area contributed by atoms with Crippen LogP contribution in [0.5, 0.6) is 0 Å². The summed E-state index contributed by atoms with van der Waals surface area (Å²) in [4.78, 5) is 15.4. The molecule has 0 aliphatic carbocycles. The highest BCUT2D eigenvalue weighted by Gasteiger charge is 2.13. The number of carbonyl (C=O) groups is 1. The highest BCUT2D eigenvalue weighted by Crippen LogP contribution is 2.26. The number of hydrogen-bond donors (Lipinski definition) is 0. The molecule has 0 amide bonds. The van der Waals surface area contributed by atoms with Gasteiger partial charge in [-0.2, -0.15) is 0 Å². The maximum Gasteiger partial charge on any atom is 0.150 e. The molecular weight excluding hydrogens is 292 g/mol. The van der Waals surface area contributed by atoms with E-state index in [-0.39, 0.29) is 0 Å². The Hall–Kier alpha value is -0.870. The van der Waals surface area contributed by atoms with Crippen LogP contribution >= 0.6 is 15.9 Å². The van der Waals surface area contributed by atoms with Crippen LogP contribution in [0.2, 0.25) is 0 Å². The molecule has 0 saturated carbocycles. The summed E-state index contributed by atoms with van der Waals surface area (Å²) in [7, 11) is 2.09. The van der Waals surface area contributed by atoms with Crippen molar-refractivity contribution < 1.29 is 4.79 Å². The zero-order chi connectivity index (χ0) is 13.0. The lowest BCUT2D eigenvalue weighted by molar-refractivity contribution is 0.112. The molecule has 0 atom stereocenters. The Morgan fingerprint density at radius 2 is 2.11 bits per heavy atom. The van der Waals surface area contributed by atoms with Crippen LogP contribution in [-0.2, 0) is 0 Å². The van der Waals surface area contributed by atoms with Crippen molar-refractivity contribution in [2.45, 2.75) is 12.8 Å². The third-order valence-electron chi connectivity index (χ3n) is 3.47. The highest BCUT2D eigenvalue weighted by molar-refractivity contribution is 9.10. The van der Waals surface area contributed by atoms with E-state index in [1.807, 2.05) is 18.2 Å². The van der Waals surface area contributed by atoms with Gasteiger partial charge in [0.25, 0.3) is 0 Å². The van der Waals surface area contributed by atoms with Crippen molar-refractivity contribution in [3.63, 3.8) is 0 Å². The second kappa shape index (κ2) is 6.34. The molecule has 1 heterocycles. The number of benzene rings is 1. The lowest BCUT2D eigenvalue weighted by Crippen LogP contribution is -2.31. The number of rotatable bonds is 5. The van der Waals surface area contributed by atoms with E-state index in [0.717, 1.165) is 29.5 Å². The average Bonchev–Trinajstić information content (AvgIpc) is 2.88. The summed E-state index contributed by atoms with van der Waals surface area (Å²) in [6.45, 7) is 4.59. The fraction of sp³-hybridized carbons (Fsp3) is 0.500. The van der Waals surface area contributed by atoms with Gasteiger partial charge in [0.2, 0.25) is 0 Å².